The van der Waals surface area contributed by atoms with Gasteiger partial charge in [-0.15, -0.1) is 0 Å². The molecule has 1 fully saturated rings. The van der Waals surface area contributed by atoms with E-state index in [2.05, 4.69) is 69.6 Å². The highest BCUT2D eigenvalue weighted by molar-refractivity contribution is 9.10. The second-order valence-electron chi connectivity index (χ2n) is 5.65. The minimum absolute atomic E-state index is 0.571. The first-order chi connectivity index (χ1) is 9.61. The van der Waals surface area contributed by atoms with Crippen LogP contribution >= 0.6 is 15.9 Å². The van der Waals surface area contributed by atoms with Gasteiger partial charge in [-0.3, -0.25) is 4.98 Å². The van der Waals surface area contributed by atoms with Gasteiger partial charge in [-0.25, -0.2) is 0 Å². The van der Waals surface area contributed by atoms with Gasteiger partial charge in [0.1, 0.15) is 0 Å². The summed E-state index contributed by atoms with van der Waals surface area (Å²) in [6, 6.07) is 13.4. The number of hydrogen-bond acceptors (Lipinski definition) is 2. The fourth-order valence-corrected chi connectivity index (χ4v) is 3.24. The maximum absolute atomic E-state index is 4.51. The molecule has 2 aromatic rings. The van der Waals surface area contributed by atoms with Gasteiger partial charge in [-0.05, 0) is 62.4 Å². The molecule has 1 aliphatic rings. The second-order valence-corrected chi connectivity index (χ2v) is 6.57. The Morgan fingerprint density at radius 1 is 1.15 bits per heavy atom. The first-order valence-corrected chi connectivity index (χ1v) is 7.87. The average Bonchev–Trinajstić information content (AvgIpc) is 2.35. The molecule has 0 amide bonds. The van der Waals surface area contributed by atoms with Crippen molar-refractivity contribution in [3.05, 3.63) is 57.8 Å². The van der Waals surface area contributed by atoms with Crippen molar-refractivity contribution < 1.29 is 0 Å². The molecule has 0 spiro atoms. The van der Waals surface area contributed by atoms with Crippen LogP contribution in [-0.2, 0) is 0 Å². The van der Waals surface area contributed by atoms with Crippen molar-refractivity contribution in [1.29, 1.82) is 0 Å². The van der Waals surface area contributed by atoms with Gasteiger partial charge in [0.25, 0.3) is 0 Å². The normalized spacial score (nSPS) is 21.4. The Morgan fingerprint density at radius 2 is 1.95 bits per heavy atom. The van der Waals surface area contributed by atoms with Crippen LogP contribution in [0.4, 0.5) is 5.69 Å². The topological polar surface area (TPSA) is 24.9 Å². The molecule has 0 saturated heterocycles. The number of aryl methyl sites for hydroxylation is 2. The quantitative estimate of drug-likeness (QED) is 0.872. The van der Waals surface area contributed by atoms with Gasteiger partial charge >= 0.3 is 0 Å². The van der Waals surface area contributed by atoms with Gasteiger partial charge in [-0.2, -0.15) is 0 Å². The number of anilines is 1. The van der Waals surface area contributed by atoms with Crippen LogP contribution in [0.2, 0.25) is 0 Å². The summed E-state index contributed by atoms with van der Waals surface area (Å²) < 4.78 is 1.17. The lowest BCUT2D eigenvalue weighted by Crippen LogP contribution is -2.34. The van der Waals surface area contributed by atoms with Crippen LogP contribution in [0.1, 0.15) is 35.7 Å². The molecule has 1 saturated carbocycles. The molecule has 1 heterocycles. The summed E-state index contributed by atoms with van der Waals surface area (Å²) in [4.78, 5) is 4.51. The fourth-order valence-electron chi connectivity index (χ4n) is 2.83. The van der Waals surface area contributed by atoms with E-state index in [1.54, 1.807) is 0 Å². The SMILES string of the molecule is Cc1ccc(NC2CC(c3cccc(Br)c3)C2)c(C)n1. The summed E-state index contributed by atoms with van der Waals surface area (Å²) in [5.74, 6) is 0.684. The van der Waals surface area contributed by atoms with Crippen molar-refractivity contribution in [2.45, 2.75) is 38.6 Å². The summed E-state index contributed by atoms with van der Waals surface area (Å²) in [5, 5.41) is 3.61. The summed E-state index contributed by atoms with van der Waals surface area (Å²) in [6.45, 7) is 4.10. The Bertz CT molecular complexity index is 618. The molecule has 20 heavy (non-hydrogen) atoms. The molecule has 3 rings (SSSR count). The van der Waals surface area contributed by atoms with Gasteiger partial charge in [0.05, 0.1) is 11.4 Å². The average molecular weight is 331 g/mol. The van der Waals surface area contributed by atoms with Crippen molar-refractivity contribution in [1.82, 2.24) is 4.98 Å². The van der Waals surface area contributed by atoms with Gasteiger partial charge in [-0.1, -0.05) is 28.1 Å². The van der Waals surface area contributed by atoms with Crippen LogP contribution in [0, 0.1) is 13.8 Å². The maximum atomic E-state index is 4.51. The first kappa shape index (κ1) is 13.6. The van der Waals surface area contributed by atoms with E-state index in [0.717, 1.165) is 11.4 Å². The van der Waals surface area contributed by atoms with Crippen molar-refractivity contribution in [2.24, 2.45) is 0 Å². The Balaban J connectivity index is 1.61. The van der Waals surface area contributed by atoms with E-state index in [1.807, 2.05) is 6.92 Å². The zero-order valence-corrected chi connectivity index (χ0v) is 13.4. The number of rotatable bonds is 3. The van der Waals surface area contributed by atoms with E-state index in [0.29, 0.717) is 12.0 Å². The number of pyridine rings is 1. The molecule has 1 aromatic carbocycles. The first-order valence-electron chi connectivity index (χ1n) is 7.08. The van der Waals surface area contributed by atoms with E-state index in [1.165, 1.54) is 28.6 Å². The monoisotopic (exact) mass is 330 g/mol. The van der Waals surface area contributed by atoms with Crippen LogP contribution in [0.5, 0.6) is 0 Å². The zero-order chi connectivity index (χ0) is 14.1. The molecule has 0 atom stereocenters. The summed E-state index contributed by atoms with van der Waals surface area (Å²) in [7, 11) is 0. The third-order valence-electron chi connectivity index (χ3n) is 4.04. The molecule has 0 aliphatic heterocycles. The Kier molecular flexibility index (Phi) is 3.79. The number of aromatic nitrogens is 1. The highest BCUT2D eigenvalue weighted by Crippen LogP contribution is 2.39. The Hall–Kier alpha value is -1.35. The van der Waals surface area contributed by atoms with Gasteiger partial charge < -0.3 is 5.32 Å². The highest BCUT2D eigenvalue weighted by atomic mass is 79.9. The third kappa shape index (κ3) is 2.88. The van der Waals surface area contributed by atoms with Crippen LogP contribution in [0.15, 0.2) is 40.9 Å². The molecular formula is C17H19BrN2. The molecule has 0 unspecified atom stereocenters. The minimum atomic E-state index is 0.571. The van der Waals surface area contributed by atoms with E-state index >= 15 is 0 Å². The number of hydrogen-bond donors (Lipinski definition) is 1. The highest BCUT2D eigenvalue weighted by Gasteiger charge is 2.30. The van der Waals surface area contributed by atoms with Crippen LogP contribution in [-0.4, -0.2) is 11.0 Å². The lowest BCUT2D eigenvalue weighted by molar-refractivity contribution is 0.374. The number of nitrogens with one attached hydrogen (secondary N) is 1. The molecule has 1 aromatic heterocycles. The molecule has 3 heteroatoms. The predicted molar refractivity (Wildman–Crippen MR) is 87.2 cm³/mol. The van der Waals surface area contributed by atoms with E-state index in [9.17, 15) is 0 Å². The minimum Gasteiger partial charge on any atom is -0.381 e. The molecule has 1 N–H and O–H groups in total. The van der Waals surface area contributed by atoms with E-state index in [4.69, 9.17) is 0 Å². The molecular weight excluding hydrogens is 312 g/mol. The predicted octanol–water partition coefficient (Wildman–Crippen LogP) is 4.82. The summed E-state index contributed by atoms with van der Waals surface area (Å²) >= 11 is 3.55. The van der Waals surface area contributed by atoms with Crippen molar-refractivity contribution >= 4 is 21.6 Å². The van der Waals surface area contributed by atoms with E-state index in [-0.39, 0.29) is 0 Å². The van der Waals surface area contributed by atoms with Crippen LogP contribution < -0.4 is 5.32 Å². The summed E-state index contributed by atoms with van der Waals surface area (Å²) in [5.41, 5.74) is 4.79. The number of nitrogens with zero attached hydrogens (tertiary/aromatic N) is 1. The van der Waals surface area contributed by atoms with Crippen LogP contribution in [0.25, 0.3) is 0 Å². The molecule has 2 nitrogen and oxygen atoms in total. The van der Waals surface area contributed by atoms with Gasteiger partial charge in [0.2, 0.25) is 0 Å². The van der Waals surface area contributed by atoms with Crippen LogP contribution in [0.3, 0.4) is 0 Å². The van der Waals surface area contributed by atoms with Gasteiger partial charge in [0, 0.05) is 16.2 Å². The van der Waals surface area contributed by atoms with Crippen molar-refractivity contribution in [3.63, 3.8) is 0 Å². The number of benzene rings is 1. The standard InChI is InChI=1S/C17H19BrN2/c1-11-6-7-17(12(2)19-11)20-16-9-14(10-16)13-4-3-5-15(18)8-13/h3-8,14,16,20H,9-10H2,1-2H3. The zero-order valence-electron chi connectivity index (χ0n) is 11.9. The second kappa shape index (κ2) is 5.57. The lowest BCUT2D eigenvalue weighted by atomic mass is 9.76. The Morgan fingerprint density at radius 3 is 2.65 bits per heavy atom. The fraction of sp³-hybridized carbons (Fsp3) is 0.353. The summed E-state index contributed by atoms with van der Waals surface area (Å²) in [6.07, 6.45) is 2.40. The number of halogens is 1. The molecule has 0 bridgehead atoms. The lowest BCUT2D eigenvalue weighted by Gasteiger charge is -2.37. The molecule has 104 valence electrons. The smallest absolute Gasteiger partial charge is 0.0606 e. The largest absolute Gasteiger partial charge is 0.381 e. The van der Waals surface area contributed by atoms with Crippen molar-refractivity contribution in [3.8, 4) is 0 Å². The van der Waals surface area contributed by atoms with E-state index < -0.39 is 0 Å². The van der Waals surface area contributed by atoms with Crippen molar-refractivity contribution in [2.75, 3.05) is 5.32 Å². The maximum Gasteiger partial charge on any atom is 0.0606 e. The van der Waals surface area contributed by atoms with Gasteiger partial charge in [0.15, 0.2) is 0 Å². The Labute approximate surface area is 128 Å². The molecule has 0 radical (unpaired) electrons. The third-order valence-corrected chi connectivity index (χ3v) is 4.54. The molecule has 1 aliphatic carbocycles.